The van der Waals surface area contributed by atoms with Crippen LogP contribution < -0.4 is 4.90 Å². The highest BCUT2D eigenvalue weighted by Crippen LogP contribution is 2.44. The van der Waals surface area contributed by atoms with Gasteiger partial charge in [0, 0.05) is 39.2 Å². The van der Waals surface area contributed by atoms with Crippen LogP contribution in [0.2, 0.25) is 0 Å². The Morgan fingerprint density at radius 3 is 0.957 bits per heavy atom. The maximum absolute atomic E-state index is 5.23. The first kappa shape index (κ1) is 41.1. The number of hydrogen-bond acceptors (Lipinski definition) is 5. The van der Waals surface area contributed by atoms with E-state index in [2.05, 4.69) is 205 Å². The molecule has 12 aromatic rings. The predicted octanol–water partition coefficient (Wildman–Crippen LogP) is 16.7. The molecule has 5 nitrogen and oxygen atoms in total. The van der Waals surface area contributed by atoms with Crippen molar-refractivity contribution in [3.05, 3.63) is 261 Å². The van der Waals surface area contributed by atoms with E-state index in [1.807, 2.05) is 60.7 Å². The van der Waals surface area contributed by atoms with E-state index >= 15 is 0 Å². The van der Waals surface area contributed by atoms with Crippen LogP contribution in [0.25, 0.3) is 100 Å². The van der Waals surface area contributed by atoms with Gasteiger partial charge in [-0.05, 0) is 94.5 Å². The number of benzene rings is 10. The molecule has 0 saturated carbocycles. The van der Waals surface area contributed by atoms with Crippen LogP contribution in [0.15, 0.2) is 261 Å². The number of nitrogens with zero attached hydrogens (tertiary/aromatic N) is 5. The van der Waals surface area contributed by atoms with Gasteiger partial charge < -0.3 is 4.90 Å². The van der Waals surface area contributed by atoms with Crippen LogP contribution >= 0.6 is 0 Å². The summed E-state index contributed by atoms with van der Waals surface area (Å²) in [6, 6.07) is 91.2. The molecule has 0 N–H and O–H groups in total. The Balaban J connectivity index is 0.978. The molecule has 10 aromatic carbocycles. The van der Waals surface area contributed by atoms with E-state index in [0.717, 1.165) is 118 Å². The quantitative estimate of drug-likeness (QED) is 0.137. The van der Waals surface area contributed by atoms with Crippen LogP contribution in [0.3, 0.4) is 0 Å². The molecule has 2 aromatic heterocycles. The van der Waals surface area contributed by atoms with Crippen molar-refractivity contribution in [2.45, 2.75) is 0 Å². The molecule has 69 heavy (non-hydrogen) atoms. The molecule has 0 spiro atoms. The van der Waals surface area contributed by atoms with Crippen LogP contribution in [0.5, 0.6) is 0 Å². The smallest absolute Gasteiger partial charge is 0.0973 e. The normalized spacial score (nSPS) is 11.2. The molecule has 0 fully saturated rings. The SMILES string of the molecule is c1ccc(-c2ccccc2N(c2cccc(-c3cccc(-c4nc5ccccc5nc4-c4ccccc4)c3)c2)c2cccc(-c3cccc(-c4nc5ccccc5nc4-c4ccccc4)c3)c2)cc1. The van der Waals surface area contributed by atoms with Gasteiger partial charge >= 0.3 is 0 Å². The number of para-hydroxylation sites is 5. The molecule has 0 aliphatic rings. The van der Waals surface area contributed by atoms with E-state index in [4.69, 9.17) is 19.9 Å². The second-order valence-electron chi connectivity index (χ2n) is 17.0. The molecule has 0 atom stereocenters. The number of hydrogen-bond donors (Lipinski definition) is 0. The second-order valence-corrected chi connectivity index (χ2v) is 17.0. The molecule has 12 rings (SSSR count). The van der Waals surface area contributed by atoms with Gasteiger partial charge in [-0.3, -0.25) is 0 Å². The highest BCUT2D eigenvalue weighted by Gasteiger charge is 2.20. The summed E-state index contributed by atoms with van der Waals surface area (Å²) < 4.78 is 0. The van der Waals surface area contributed by atoms with Crippen LogP contribution in [-0.2, 0) is 0 Å². The first-order valence-corrected chi connectivity index (χ1v) is 23.2. The summed E-state index contributed by atoms with van der Waals surface area (Å²) >= 11 is 0. The highest BCUT2D eigenvalue weighted by molar-refractivity contribution is 5.92. The van der Waals surface area contributed by atoms with E-state index in [-0.39, 0.29) is 0 Å². The molecular formula is C64H43N5. The van der Waals surface area contributed by atoms with Gasteiger partial charge in [0.1, 0.15) is 0 Å². The molecule has 2 heterocycles. The van der Waals surface area contributed by atoms with Crippen molar-refractivity contribution in [1.29, 1.82) is 0 Å². The van der Waals surface area contributed by atoms with Crippen LogP contribution in [0, 0.1) is 0 Å². The van der Waals surface area contributed by atoms with Crippen LogP contribution in [-0.4, -0.2) is 19.9 Å². The van der Waals surface area contributed by atoms with Gasteiger partial charge in [0.2, 0.25) is 0 Å². The van der Waals surface area contributed by atoms with Gasteiger partial charge in [-0.25, -0.2) is 19.9 Å². The highest BCUT2D eigenvalue weighted by atomic mass is 15.1. The monoisotopic (exact) mass is 881 g/mol. The van der Waals surface area contributed by atoms with E-state index in [9.17, 15) is 0 Å². The molecular weight excluding hydrogens is 839 g/mol. The summed E-state index contributed by atoms with van der Waals surface area (Å²) in [4.78, 5) is 23.2. The maximum Gasteiger partial charge on any atom is 0.0973 e. The van der Waals surface area contributed by atoms with Crippen LogP contribution in [0.4, 0.5) is 17.1 Å². The molecule has 0 amide bonds. The molecule has 0 aliphatic heterocycles. The minimum atomic E-state index is 0.848. The lowest BCUT2D eigenvalue weighted by atomic mass is 9.97. The molecule has 0 unspecified atom stereocenters. The van der Waals surface area contributed by atoms with E-state index in [0.29, 0.717) is 0 Å². The van der Waals surface area contributed by atoms with Crippen molar-refractivity contribution in [3.8, 4) is 78.4 Å². The maximum atomic E-state index is 5.23. The molecule has 0 bridgehead atoms. The Labute approximate surface area is 401 Å². The minimum Gasteiger partial charge on any atom is -0.310 e. The van der Waals surface area contributed by atoms with Crippen molar-refractivity contribution in [3.63, 3.8) is 0 Å². The second kappa shape index (κ2) is 18.2. The van der Waals surface area contributed by atoms with Gasteiger partial charge in [-0.1, -0.05) is 194 Å². The van der Waals surface area contributed by atoms with Gasteiger partial charge in [0.25, 0.3) is 0 Å². The summed E-state index contributed by atoms with van der Waals surface area (Å²) in [7, 11) is 0. The van der Waals surface area contributed by atoms with E-state index in [1.54, 1.807) is 0 Å². The number of aromatic nitrogens is 4. The molecule has 0 aliphatic carbocycles. The van der Waals surface area contributed by atoms with Crippen molar-refractivity contribution < 1.29 is 0 Å². The number of rotatable bonds is 10. The topological polar surface area (TPSA) is 54.8 Å². The zero-order valence-corrected chi connectivity index (χ0v) is 37.6. The fourth-order valence-corrected chi connectivity index (χ4v) is 9.30. The largest absolute Gasteiger partial charge is 0.310 e. The van der Waals surface area contributed by atoms with Gasteiger partial charge in [0.05, 0.1) is 50.5 Å². The summed E-state index contributed by atoms with van der Waals surface area (Å²) in [5, 5.41) is 0. The zero-order chi connectivity index (χ0) is 45.9. The predicted molar refractivity (Wildman–Crippen MR) is 285 cm³/mol. The molecule has 0 saturated heterocycles. The fourth-order valence-electron chi connectivity index (χ4n) is 9.30. The first-order valence-electron chi connectivity index (χ1n) is 23.2. The Kier molecular flexibility index (Phi) is 10.8. The summed E-state index contributed by atoms with van der Waals surface area (Å²) in [6.07, 6.45) is 0. The van der Waals surface area contributed by atoms with Gasteiger partial charge in [0.15, 0.2) is 0 Å². The lowest BCUT2D eigenvalue weighted by Crippen LogP contribution is -2.11. The van der Waals surface area contributed by atoms with Crippen molar-refractivity contribution in [2.24, 2.45) is 0 Å². The molecule has 324 valence electrons. The molecule has 5 heteroatoms. The van der Waals surface area contributed by atoms with E-state index < -0.39 is 0 Å². The first-order chi connectivity index (χ1) is 34.2. The third-order valence-electron chi connectivity index (χ3n) is 12.6. The summed E-state index contributed by atoms with van der Waals surface area (Å²) in [5.74, 6) is 0. The van der Waals surface area contributed by atoms with Gasteiger partial charge in [-0.15, -0.1) is 0 Å². The third kappa shape index (κ3) is 8.19. The Bertz CT molecular complexity index is 3590. The van der Waals surface area contributed by atoms with Crippen molar-refractivity contribution in [1.82, 2.24) is 19.9 Å². The number of anilines is 3. The Morgan fingerprint density at radius 1 is 0.217 bits per heavy atom. The van der Waals surface area contributed by atoms with Crippen LogP contribution in [0.1, 0.15) is 0 Å². The standard InChI is InChI=1S/C64H43N5/c1-4-20-44(21-5-1)55-34-10-15-39-60(55)69(53-32-18-28-49(42-53)47-26-16-30-51(40-47)63-61(45-22-6-2-7-23-45)65-56-35-11-13-37-58(56)67-63)54-33-19-29-50(43-54)48-27-17-31-52(41-48)64-62(46-24-8-3-9-25-46)66-57-36-12-14-38-59(57)68-64/h1-43H. The minimum absolute atomic E-state index is 0.848. The van der Waals surface area contributed by atoms with Crippen molar-refractivity contribution in [2.75, 3.05) is 4.90 Å². The fraction of sp³-hybridized carbons (Fsp3) is 0. The average Bonchev–Trinajstić information content (AvgIpc) is 3.43. The average molecular weight is 882 g/mol. The lowest BCUT2D eigenvalue weighted by Gasteiger charge is -2.29. The lowest BCUT2D eigenvalue weighted by molar-refractivity contribution is 1.28. The van der Waals surface area contributed by atoms with E-state index in [1.165, 1.54) is 0 Å². The summed E-state index contributed by atoms with van der Waals surface area (Å²) in [5.41, 5.74) is 20.7. The number of fused-ring (bicyclic) bond motifs is 2. The summed E-state index contributed by atoms with van der Waals surface area (Å²) in [6.45, 7) is 0. The molecule has 0 radical (unpaired) electrons. The van der Waals surface area contributed by atoms with Crippen molar-refractivity contribution >= 4 is 39.1 Å². The third-order valence-corrected chi connectivity index (χ3v) is 12.6. The Morgan fingerprint density at radius 2 is 0.522 bits per heavy atom. The zero-order valence-electron chi connectivity index (χ0n) is 37.6. The Hall–Kier alpha value is -9.32. The van der Waals surface area contributed by atoms with Gasteiger partial charge in [-0.2, -0.15) is 0 Å².